The molecule has 0 spiro atoms. The summed E-state index contributed by atoms with van der Waals surface area (Å²) in [4.78, 5) is 0. The minimum atomic E-state index is 0.168. The maximum atomic E-state index is 6.24. The van der Waals surface area contributed by atoms with Crippen molar-refractivity contribution in [1.82, 2.24) is 0 Å². The summed E-state index contributed by atoms with van der Waals surface area (Å²) in [5, 5.41) is 0. The molecule has 2 N–H and O–H groups in total. The SMILES string of the molecule is CCc1ccc(CC(N)Cc2cccc(Br)c2)cc1. The Labute approximate surface area is 124 Å². The molecule has 0 heterocycles. The molecule has 19 heavy (non-hydrogen) atoms. The fourth-order valence-electron chi connectivity index (χ4n) is 2.25. The van der Waals surface area contributed by atoms with Crippen LogP contribution in [0.1, 0.15) is 23.6 Å². The highest BCUT2D eigenvalue weighted by Crippen LogP contribution is 2.14. The molecule has 1 atom stereocenters. The number of nitrogens with two attached hydrogens (primary N) is 1. The molecule has 0 aliphatic rings. The van der Waals surface area contributed by atoms with Gasteiger partial charge in [0.1, 0.15) is 0 Å². The Morgan fingerprint density at radius 1 is 0.947 bits per heavy atom. The van der Waals surface area contributed by atoms with E-state index in [0.29, 0.717) is 0 Å². The fourth-order valence-corrected chi connectivity index (χ4v) is 2.70. The van der Waals surface area contributed by atoms with E-state index in [4.69, 9.17) is 5.73 Å². The number of aryl methyl sites for hydroxylation is 1. The predicted octanol–water partition coefficient (Wildman–Crippen LogP) is 4.12. The van der Waals surface area contributed by atoms with Gasteiger partial charge in [-0.05, 0) is 48.1 Å². The fraction of sp³-hybridized carbons (Fsp3) is 0.294. The highest BCUT2D eigenvalue weighted by molar-refractivity contribution is 9.10. The first kappa shape index (κ1) is 14.3. The number of halogens is 1. The summed E-state index contributed by atoms with van der Waals surface area (Å²) in [5.41, 5.74) is 10.2. The Kier molecular flexibility index (Phi) is 5.17. The molecule has 0 aliphatic heterocycles. The average molecular weight is 318 g/mol. The van der Waals surface area contributed by atoms with Gasteiger partial charge in [0.2, 0.25) is 0 Å². The summed E-state index contributed by atoms with van der Waals surface area (Å²) in [6, 6.07) is 17.3. The standard InChI is InChI=1S/C17H20BrN/c1-2-13-6-8-14(9-7-13)11-17(19)12-15-4-3-5-16(18)10-15/h3-10,17H,2,11-12,19H2,1H3. The van der Waals surface area contributed by atoms with Crippen LogP contribution in [0.25, 0.3) is 0 Å². The molecule has 0 aromatic heterocycles. The van der Waals surface area contributed by atoms with E-state index in [1.165, 1.54) is 16.7 Å². The molecule has 2 aromatic carbocycles. The van der Waals surface area contributed by atoms with Crippen LogP contribution < -0.4 is 5.73 Å². The number of hydrogen-bond donors (Lipinski definition) is 1. The van der Waals surface area contributed by atoms with E-state index >= 15 is 0 Å². The first-order valence-corrected chi connectivity index (χ1v) is 7.54. The van der Waals surface area contributed by atoms with Gasteiger partial charge in [-0.15, -0.1) is 0 Å². The van der Waals surface area contributed by atoms with Gasteiger partial charge in [-0.25, -0.2) is 0 Å². The van der Waals surface area contributed by atoms with E-state index in [-0.39, 0.29) is 6.04 Å². The van der Waals surface area contributed by atoms with Gasteiger partial charge in [0.05, 0.1) is 0 Å². The summed E-state index contributed by atoms with van der Waals surface area (Å²) in [6.07, 6.45) is 2.93. The normalized spacial score (nSPS) is 12.4. The van der Waals surface area contributed by atoms with Gasteiger partial charge in [0.25, 0.3) is 0 Å². The third kappa shape index (κ3) is 4.48. The first-order valence-electron chi connectivity index (χ1n) is 6.75. The molecule has 0 aliphatic carbocycles. The van der Waals surface area contributed by atoms with Crippen molar-refractivity contribution in [2.45, 2.75) is 32.2 Å². The van der Waals surface area contributed by atoms with Crippen LogP contribution in [-0.4, -0.2) is 6.04 Å². The van der Waals surface area contributed by atoms with Gasteiger partial charge in [0, 0.05) is 10.5 Å². The molecule has 2 aromatic rings. The summed E-state index contributed by atoms with van der Waals surface area (Å²) in [6.45, 7) is 2.17. The van der Waals surface area contributed by atoms with Crippen molar-refractivity contribution in [3.63, 3.8) is 0 Å². The maximum Gasteiger partial charge on any atom is 0.0178 e. The zero-order valence-corrected chi connectivity index (χ0v) is 12.9. The topological polar surface area (TPSA) is 26.0 Å². The molecule has 0 bridgehead atoms. The molecule has 1 unspecified atom stereocenters. The lowest BCUT2D eigenvalue weighted by Gasteiger charge is -2.12. The molecule has 0 fully saturated rings. The third-order valence-electron chi connectivity index (χ3n) is 3.32. The van der Waals surface area contributed by atoms with Crippen LogP contribution in [0.3, 0.4) is 0 Å². The van der Waals surface area contributed by atoms with Crippen LogP contribution in [-0.2, 0) is 19.3 Å². The first-order chi connectivity index (χ1) is 9.17. The summed E-state index contributed by atoms with van der Waals surface area (Å²) in [7, 11) is 0. The van der Waals surface area contributed by atoms with Gasteiger partial charge < -0.3 is 5.73 Å². The third-order valence-corrected chi connectivity index (χ3v) is 3.81. The van der Waals surface area contributed by atoms with Crippen molar-refractivity contribution in [1.29, 1.82) is 0 Å². The molecule has 0 saturated carbocycles. The van der Waals surface area contributed by atoms with E-state index in [0.717, 1.165) is 23.7 Å². The van der Waals surface area contributed by atoms with E-state index in [2.05, 4.69) is 65.3 Å². The van der Waals surface area contributed by atoms with E-state index < -0.39 is 0 Å². The molecule has 2 rings (SSSR count). The minimum absolute atomic E-state index is 0.168. The molecule has 100 valence electrons. The van der Waals surface area contributed by atoms with Crippen molar-refractivity contribution in [3.05, 3.63) is 69.7 Å². The summed E-state index contributed by atoms with van der Waals surface area (Å²) >= 11 is 3.49. The van der Waals surface area contributed by atoms with Gasteiger partial charge in [-0.2, -0.15) is 0 Å². The molecular formula is C17H20BrN. The Morgan fingerprint density at radius 2 is 1.58 bits per heavy atom. The van der Waals surface area contributed by atoms with Crippen molar-refractivity contribution in [3.8, 4) is 0 Å². The van der Waals surface area contributed by atoms with Gasteiger partial charge in [-0.1, -0.05) is 59.3 Å². The van der Waals surface area contributed by atoms with E-state index in [1.807, 2.05) is 6.07 Å². The molecule has 0 amide bonds. The van der Waals surface area contributed by atoms with Crippen LogP contribution in [0, 0.1) is 0 Å². The predicted molar refractivity (Wildman–Crippen MR) is 85.3 cm³/mol. The molecule has 0 saturated heterocycles. The quantitative estimate of drug-likeness (QED) is 0.881. The highest BCUT2D eigenvalue weighted by atomic mass is 79.9. The number of benzene rings is 2. The average Bonchev–Trinajstić information content (AvgIpc) is 2.39. The highest BCUT2D eigenvalue weighted by Gasteiger charge is 2.06. The Morgan fingerprint density at radius 3 is 2.21 bits per heavy atom. The molecular weight excluding hydrogens is 298 g/mol. The van der Waals surface area contributed by atoms with Gasteiger partial charge >= 0.3 is 0 Å². The zero-order chi connectivity index (χ0) is 13.7. The number of hydrogen-bond acceptors (Lipinski definition) is 1. The maximum absolute atomic E-state index is 6.24. The van der Waals surface area contributed by atoms with Crippen LogP contribution in [0.15, 0.2) is 53.0 Å². The lowest BCUT2D eigenvalue weighted by Crippen LogP contribution is -2.25. The van der Waals surface area contributed by atoms with Crippen molar-refractivity contribution < 1.29 is 0 Å². The summed E-state index contributed by atoms with van der Waals surface area (Å²) in [5.74, 6) is 0. The molecule has 1 nitrogen and oxygen atoms in total. The van der Waals surface area contributed by atoms with Crippen LogP contribution >= 0.6 is 15.9 Å². The minimum Gasteiger partial charge on any atom is -0.327 e. The Bertz CT molecular complexity index is 519. The second-order valence-corrected chi connectivity index (χ2v) is 5.88. The summed E-state index contributed by atoms with van der Waals surface area (Å²) < 4.78 is 1.12. The van der Waals surface area contributed by atoms with Gasteiger partial charge in [0.15, 0.2) is 0 Å². The van der Waals surface area contributed by atoms with E-state index in [1.54, 1.807) is 0 Å². The van der Waals surface area contributed by atoms with Gasteiger partial charge in [-0.3, -0.25) is 0 Å². The van der Waals surface area contributed by atoms with Crippen molar-refractivity contribution >= 4 is 15.9 Å². The van der Waals surface area contributed by atoms with E-state index in [9.17, 15) is 0 Å². The lowest BCUT2D eigenvalue weighted by atomic mass is 9.99. The number of rotatable bonds is 5. The second kappa shape index (κ2) is 6.88. The lowest BCUT2D eigenvalue weighted by molar-refractivity contribution is 0.664. The van der Waals surface area contributed by atoms with Crippen molar-refractivity contribution in [2.75, 3.05) is 0 Å². The van der Waals surface area contributed by atoms with Crippen molar-refractivity contribution in [2.24, 2.45) is 5.73 Å². The Balaban J connectivity index is 1.95. The zero-order valence-electron chi connectivity index (χ0n) is 11.3. The largest absolute Gasteiger partial charge is 0.327 e. The van der Waals surface area contributed by atoms with Crippen LogP contribution in [0.2, 0.25) is 0 Å². The second-order valence-electron chi connectivity index (χ2n) is 4.97. The van der Waals surface area contributed by atoms with Crippen LogP contribution in [0.5, 0.6) is 0 Å². The monoisotopic (exact) mass is 317 g/mol. The smallest absolute Gasteiger partial charge is 0.0178 e. The Hall–Kier alpha value is -1.12. The van der Waals surface area contributed by atoms with Crippen LogP contribution in [0.4, 0.5) is 0 Å². The molecule has 2 heteroatoms. The molecule has 0 radical (unpaired) electrons.